The molecule has 4 heteroatoms. The summed E-state index contributed by atoms with van der Waals surface area (Å²) in [5, 5.41) is 6.86. The van der Waals surface area contributed by atoms with Crippen LogP contribution in [0.1, 0.15) is 16.9 Å². The van der Waals surface area contributed by atoms with E-state index < -0.39 is 0 Å². The summed E-state index contributed by atoms with van der Waals surface area (Å²) in [6.07, 6.45) is 5.96. The van der Waals surface area contributed by atoms with Crippen LogP contribution in [0.4, 0.5) is 0 Å². The van der Waals surface area contributed by atoms with E-state index in [0.717, 1.165) is 49.6 Å². The van der Waals surface area contributed by atoms with Crippen LogP contribution < -0.4 is 0 Å². The molecule has 0 saturated carbocycles. The van der Waals surface area contributed by atoms with Crippen molar-refractivity contribution in [2.45, 2.75) is 19.4 Å². The Morgan fingerprint density at radius 1 is 1.23 bits per heavy atom. The number of hydrogen-bond donors (Lipinski definition) is 1. The first kappa shape index (κ1) is 13.3. The van der Waals surface area contributed by atoms with Crippen molar-refractivity contribution in [1.82, 2.24) is 15.1 Å². The molecular formula is C18H19N3O. The van der Waals surface area contributed by atoms with Crippen LogP contribution in [-0.4, -0.2) is 28.2 Å². The third-order valence-electron chi connectivity index (χ3n) is 4.29. The zero-order chi connectivity index (χ0) is 14.8. The largest absolute Gasteiger partial charge is 0.459 e. The van der Waals surface area contributed by atoms with Crippen LogP contribution >= 0.6 is 0 Å². The quantitative estimate of drug-likeness (QED) is 0.803. The number of nitrogens with one attached hydrogen (secondary N) is 1. The highest BCUT2D eigenvalue weighted by Crippen LogP contribution is 2.29. The van der Waals surface area contributed by atoms with Crippen molar-refractivity contribution in [3.05, 3.63) is 65.7 Å². The molecule has 22 heavy (non-hydrogen) atoms. The lowest BCUT2D eigenvalue weighted by Crippen LogP contribution is -2.31. The van der Waals surface area contributed by atoms with E-state index in [1.54, 1.807) is 0 Å². The summed E-state index contributed by atoms with van der Waals surface area (Å²) < 4.78 is 6.10. The molecule has 1 aromatic carbocycles. The number of benzene rings is 1. The van der Waals surface area contributed by atoms with Crippen LogP contribution in [0.2, 0.25) is 0 Å². The summed E-state index contributed by atoms with van der Waals surface area (Å²) in [6, 6.07) is 12.5. The van der Waals surface area contributed by atoms with E-state index in [4.69, 9.17) is 4.42 Å². The number of fused-ring (bicyclic) bond motifs is 1. The van der Waals surface area contributed by atoms with Gasteiger partial charge in [-0.05, 0) is 30.0 Å². The number of nitrogens with zero attached hydrogens (tertiary/aromatic N) is 2. The number of aromatic nitrogens is 2. The Morgan fingerprint density at radius 3 is 2.95 bits per heavy atom. The molecule has 2 aromatic heterocycles. The highest BCUT2D eigenvalue weighted by Gasteiger charge is 2.21. The summed E-state index contributed by atoms with van der Waals surface area (Å²) in [6.45, 7) is 3.04. The molecule has 0 aliphatic carbocycles. The second kappa shape index (κ2) is 5.81. The van der Waals surface area contributed by atoms with Gasteiger partial charge in [0.2, 0.25) is 0 Å². The van der Waals surface area contributed by atoms with Crippen molar-refractivity contribution in [3.8, 4) is 11.3 Å². The van der Waals surface area contributed by atoms with E-state index in [1.807, 2.05) is 30.6 Å². The molecule has 0 saturated heterocycles. The zero-order valence-electron chi connectivity index (χ0n) is 12.5. The summed E-state index contributed by atoms with van der Waals surface area (Å²) in [4.78, 5) is 2.45. The van der Waals surface area contributed by atoms with Gasteiger partial charge in [0.1, 0.15) is 11.5 Å². The van der Waals surface area contributed by atoms with Crippen molar-refractivity contribution in [2.24, 2.45) is 0 Å². The van der Waals surface area contributed by atoms with Gasteiger partial charge in [-0.25, -0.2) is 0 Å². The van der Waals surface area contributed by atoms with E-state index >= 15 is 0 Å². The normalized spacial score (nSPS) is 14.9. The Hall–Kier alpha value is -2.33. The van der Waals surface area contributed by atoms with Gasteiger partial charge in [0.25, 0.3) is 0 Å². The molecule has 0 amide bonds. The summed E-state index contributed by atoms with van der Waals surface area (Å²) in [7, 11) is 0. The van der Waals surface area contributed by atoms with E-state index in [0.29, 0.717) is 0 Å². The predicted molar refractivity (Wildman–Crippen MR) is 85.4 cm³/mol. The second-order valence-corrected chi connectivity index (χ2v) is 5.81. The van der Waals surface area contributed by atoms with Gasteiger partial charge in [0.05, 0.1) is 12.7 Å². The maximum Gasteiger partial charge on any atom is 0.134 e. The molecule has 0 spiro atoms. The standard InChI is InChI=1S/C18H19N3O/c1-2-4-15(5-3-1)17-10-16-7-9-21(13-18(16)22-17)8-6-14-11-19-20-12-14/h1-5,10-12H,6-9,13H2,(H,19,20). The topological polar surface area (TPSA) is 45.1 Å². The lowest BCUT2D eigenvalue weighted by atomic mass is 10.1. The number of aromatic amines is 1. The first-order valence-corrected chi connectivity index (χ1v) is 7.75. The first-order chi connectivity index (χ1) is 10.9. The molecule has 0 fully saturated rings. The Balaban J connectivity index is 1.46. The van der Waals surface area contributed by atoms with Gasteiger partial charge in [0.15, 0.2) is 0 Å². The van der Waals surface area contributed by atoms with Gasteiger partial charge in [-0.15, -0.1) is 0 Å². The van der Waals surface area contributed by atoms with E-state index in [-0.39, 0.29) is 0 Å². The molecule has 3 aromatic rings. The van der Waals surface area contributed by atoms with E-state index in [1.165, 1.54) is 11.1 Å². The van der Waals surface area contributed by atoms with Crippen molar-refractivity contribution in [3.63, 3.8) is 0 Å². The fourth-order valence-corrected chi connectivity index (χ4v) is 3.01. The van der Waals surface area contributed by atoms with Crippen molar-refractivity contribution in [2.75, 3.05) is 13.1 Å². The Morgan fingerprint density at radius 2 is 2.14 bits per heavy atom. The van der Waals surface area contributed by atoms with Gasteiger partial charge < -0.3 is 4.42 Å². The molecule has 1 aliphatic rings. The average Bonchev–Trinajstić information content (AvgIpc) is 3.22. The highest BCUT2D eigenvalue weighted by atomic mass is 16.3. The maximum atomic E-state index is 6.10. The van der Waals surface area contributed by atoms with Gasteiger partial charge in [-0.3, -0.25) is 10.00 Å². The Kier molecular flexibility index (Phi) is 3.52. The Bertz CT molecular complexity index is 731. The summed E-state index contributed by atoms with van der Waals surface area (Å²) in [5.74, 6) is 2.11. The highest BCUT2D eigenvalue weighted by molar-refractivity contribution is 5.58. The summed E-state index contributed by atoms with van der Waals surface area (Å²) >= 11 is 0. The minimum atomic E-state index is 0.903. The molecule has 4 nitrogen and oxygen atoms in total. The third-order valence-corrected chi connectivity index (χ3v) is 4.29. The van der Waals surface area contributed by atoms with Crippen molar-refractivity contribution in [1.29, 1.82) is 0 Å². The lowest BCUT2D eigenvalue weighted by Gasteiger charge is -2.25. The minimum Gasteiger partial charge on any atom is -0.459 e. The third kappa shape index (κ3) is 2.70. The number of hydrogen-bond acceptors (Lipinski definition) is 3. The molecular weight excluding hydrogens is 274 g/mol. The predicted octanol–water partition coefficient (Wildman–Crippen LogP) is 3.27. The number of rotatable bonds is 4. The molecule has 4 rings (SSSR count). The SMILES string of the molecule is c1ccc(-c2cc3c(o2)CN(CCc2cn[nH]c2)CC3)cc1. The molecule has 1 N–H and O–H groups in total. The van der Waals surface area contributed by atoms with Gasteiger partial charge >= 0.3 is 0 Å². The lowest BCUT2D eigenvalue weighted by molar-refractivity contribution is 0.233. The fourth-order valence-electron chi connectivity index (χ4n) is 3.01. The molecule has 0 atom stereocenters. The minimum absolute atomic E-state index is 0.903. The van der Waals surface area contributed by atoms with Gasteiger partial charge in [-0.2, -0.15) is 5.10 Å². The van der Waals surface area contributed by atoms with E-state index in [2.05, 4.69) is 33.3 Å². The second-order valence-electron chi connectivity index (χ2n) is 5.81. The van der Waals surface area contributed by atoms with Crippen molar-refractivity contribution >= 4 is 0 Å². The van der Waals surface area contributed by atoms with Crippen LogP contribution in [0, 0.1) is 0 Å². The summed E-state index contributed by atoms with van der Waals surface area (Å²) in [5.41, 5.74) is 3.77. The monoisotopic (exact) mass is 293 g/mol. The maximum absolute atomic E-state index is 6.10. The number of H-pyrrole nitrogens is 1. The number of furan rings is 1. The zero-order valence-corrected chi connectivity index (χ0v) is 12.5. The Labute approximate surface area is 129 Å². The van der Waals surface area contributed by atoms with Gasteiger partial charge in [-0.1, -0.05) is 30.3 Å². The van der Waals surface area contributed by atoms with E-state index in [9.17, 15) is 0 Å². The van der Waals surface area contributed by atoms with Crippen LogP contribution in [0.5, 0.6) is 0 Å². The smallest absolute Gasteiger partial charge is 0.134 e. The molecule has 0 bridgehead atoms. The molecule has 0 unspecified atom stereocenters. The molecule has 112 valence electrons. The van der Waals surface area contributed by atoms with Crippen LogP contribution in [-0.2, 0) is 19.4 Å². The molecule has 3 heterocycles. The molecule has 0 radical (unpaired) electrons. The fraction of sp³-hybridized carbons (Fsp3) is 0.278. The van der Waals surface area contributed by atoms with Crippen molar-refractivity contribution < 1.29 is 4.42 Å². The average molecular weight is 293 g/mol. The van der Waals surface area contributed by atoms with Crippen LogP contribution in [0.15, 0.2) is 53.2 Å². The van der Waals surface area contributed by atoms with Crippen LogP contribution in [0.25, 0.3) is 11.3 Å². The molecule has 1 aliphatic heterocycles. The van der Waals surface area contributed by atoms with Gasteiger partial charge in [0, 0.05) is 24.8 Å². The van der Waals surface area contributed by atoms with Crippen LogP contribution in [0.3, 0.4) is 0 Å². The first-order valence-electron chi connectivity index (χ1n) is 7.75.